The molecule has 0 spiro atoms. The number of halogens is 3. The van der Waals surface area contributed by atoms with Crippen LogP contribution in [-0.2, 0) is 12.7 Å². The molecule has 6 rings (SSSR count). The summed E-state index contributed by atoms with van der Waals surface area (Å²) in [5.41, 5.74) is 1.04. The Labute approximate surface area is 213 Å². The predicted molar refractivity (Wildman–Crippen MR) is 132 cm³/mol. The number of nitrogens with zero attached hydrogens (tertiary/aromatic N) is 6. The molecule has 2 aliphatic heterocycles. The van der Waals surface area contributed by atoms with Crippen molar-refractivity contribution in [2.24, 2.45) is 11.8 Å². The zero-order valence-corrected chi connectivity index (χ0v) is 20.7. The quantitative estimate of drug-likeness (QED) is 0.528. The van der Waals surface area contributed by atoms with E-state index >= 15 is 0 Å². The molecule has 2 bridgehead atoms. The van der Waals surface area contributed by atoms with Crippen molar-refractivity contribution >= 4 is 11.6 Å². The Bertz CT molecular complexity index is 1250. The van der Waals surface area contributed by atoms with Crippen LogP contribution in [0.25, 0.3) is 0 Å². The first-order chi connectivity index (χ1) is 17.9. The fraction of sp³-hybridized carbons (Fsp3) is 0.538. The third-order valence-corrected chi connectivity index (χ3v) is 8.06. The van der Waals surface area contributed by atoms with E-state index in [1.54, 1.807) is 19.4 Å². The van der Waals surface area contributed by atoms with E-state index in [0.29, 0.717) is 29.2 Å². The van der Waals surface area contributed by atoms with Gasteiger partial charge in [-0.3, -0.25) is 0 Å². The maximum absolute atomic E-state index is 13.4. The lowest BCUT2D eigenvalue weighted by atomic mass is 9.92. The van der Waals surface area contributed by atoms with Crippen LogP contribution in [0.4, 0.5) is 24.8 Å². The number of piperidine rings is 1. The van der Waals surface area contributed by atoms with Gasteiger partial charge in [0.2, 0.25) is 11.8 Å². The Morgan fingerprint density at radius 3 is 2.62 bits per heavy atom. The van der Waals surface area contributed by atoms with Crippen molar-refractivity contribution in [3.8, 4) is 5.88 Å². The van der Waals surface area contributed by atoms with Gasteiger partial charge in [-0.05, 0) is 49.1 Å². The first kappa shape index (κ1) is 24.0. The lowest BCUT2D eigenvalue weighted by Crippen LogP contribution is -2.48. The summed E-state index contributed by atoms with van der Waals surface area (Å²) in [4.78, 5) is 7.21. The molecule has 11 heteroatoms. The summed E-state index contributed by atoms with van der Waals surface area (Å²) in [6.45, 7) is 2.51. The van der Waals surface area contributed by atoms with Gasteiger partial charge in [-0.2, -0.15) is 23.3 Å². The maximum Gasteiger partial charge on any atom is 0.416 e. The molecule has 3 aromatic rings. The average Bonchev–Trinajstić information content (AvgIpc) is 3.30. The molecule has 4 heterocycles. The number of rotatable bonds is 5. The molecule has 0 radical (unpaired) electrons. The Hall–Kier alpha value is -3.37. The molecular formula is C26H30F3N7O. The number of hydrogen-bond donors (Lipinski definition) is 1. The standard InChI is InChI=1S/C26H30F3N7O/c1-37-22-12-20(13-30-33-22)35-14-17-8-9-18(15-35)23(17)31-25-32-24-21(7-2-3-10-36(24)34-25)16-5-4-6-19(11-16)26(27,28)29/h4-6,11-13,17-18,21,23H,2-3,7-10,14-15H2,1H3,(H,31,34)/t17-,18+,21-,23+/m0/s1. The van der Waals surface area contributed by atoms with Gasteiger partial charge in [0.05, 0.1) is 24.6 Å². The largest absolute Gasteiger partial charge is 0.480 e. The zero-order valence-electron chi connectivity index (χ0n) is 20.7. The molecule has 1 aromatic carbocycles. The van der Waals surface area contributed by atoms with Crippen LogP contribution in [0.5, 0.6) is 5.88 Å². The van der Waals surface area contributed by atoms with Crippen LogP contribution in [0.1, 0.15) is 55.0 Å². The Kier molecular flexibility index (Phi) is 6.16. The summed E-state index contributed by atoms with van der Waals surface area (Å²) in [7, 11) is 1.59. The van der Waals surface area contributed by atoms with E-state index in [4.69, 9.17) is 14.8 Å². The second kappa shape index (κ2) is 9.50. The molecule has 3 aliphatic rings. The molecule has 1 saturated heterocycles. The van der Waals surface area contributed by atoms with Gasteiger partial charge in [-0.25, -0.2) is 4.68 Å². The molecule has 0 amide bonds. The van der Waals surface area contributed by atoms with Crippen LogP contribution in [0.2, 0.25) is 0 Å². The van der Waals surface area contributed by atoms with Crippen molar-refractivity contribution in [3.05, 3.63) is 53.5 Å². The molecule has 196 valence electrons. The monoisotopic (exact) mass is 513 g/mol. The lowest BCUT2D eigenvalue weighted by molar-refractivity contribution is -0.137. The predicted octanol–water partition coefficient (Wildman–Crippen LogP) is 4.74. The van der Waals surface area contributed by atoms with Gasteiger partial charge < -0.3 is 15.0 Å². The lowest BCUT2D eigenvalue weighted by Gasteiger charge is -2.39. The number of alkyl halides is 3. The van der Waals surface area contributed by atoms with Gasteiger partial charge >= 0.3 is 6.18 Å². The van der Waals surface area contributed by atoms with E-state index in [1.807, 2.05) is 10.7 Å². The van der Waals surface area contributed by atoms with E-state index in [1.165, 1.54) is 12.1 Å². The Morgan fingerprint density at radius 2 is 1.86 bits per heavy atom. The van der Waals surface area contributed by atoms with Gasteiger partial charge in [0, 0.05) is 37.7 Å². The number of hydrogen-bond acceptors (Lipinski definition) is 7. The summed E-state index contributed by atoms with van der Waals surface area (Å²) in [6.07, 6.45) is 2.25. The number of methoxy groups -OCH3 is 1. The van der Waals surface area contributed by atoms with E-state index in [9.17, 15) is 13.2 Å². The minimum atomic E-state index is -4.37. The van der Waals surface area contributed by atoms with Crippen molar-refractivity contribution < 1.29 is 17.9 Å². The van der Waals surface area contributed by atoms with Gasteiger partial charge in [0.1, 0.15) is 5.82 Å². The molecule has 4 atom stereocenters. The van der Waals surface area contributed by atoms with Crippen molar-refractivity contribution in [3.63, 3.8) is 0 Å². The van der Waals surface area contributed by atoms with Gasteiger partial charge in [0.15, 0.2) is 0 Å². The summed E-state index contributed by atoms with van der Waals surface area (Å²) in [5.74, 6) is 2.49. The topological polar surface area (TPSA) is 81.0 Å². The molecule has 37 heavy (non-hydrogen) atoms. The summed E-state index contributed by atoms with van der Waals surface area (Å²) in [5, 5.41) is 16.4. The van der Waals surface area contributed by atoms with E-state index in [2.05, 4.69) is 20.4 Å². The molecule has 1 saturated carbocycles. The first-order valence-corrected chi connectivity index (χ1v) is 12.9. The van der Waals surface area contributed by atoms with E-state index in [-0.39, 0.29) is 12.0 Å². The third kappa shape index (κ3) is 4.71. The van der Waals surface area contributed by atoms with Gasteiger partial charge in [0.25, 0.3) is 0 Å². The van der Waals surface area contributed by atoms with Gasteiger partial charge in [-0.1, -0.05) is 24.6 Å². The number of fused-ring (bicyclic) bond motifs is 3. The zero-order chi connectivity index (χ0) is 25.6. The molecule has 1 N–H and O–H groups in total. The number of nitrogens with one attached hydrogen (secondary N) is 1. The van der Waals surface area contributed by atoms with Crippen molar-refractivity contribution in [2.75, 3.05) is 30.4 Å². The normalized spacial score (nSPS) is 25.5. The summed E-state index contributed by atoms with van der Waals surface area (Å²) >= 11 is 0. The highest BCUT2D eigenvalue weighted by atomic mass is 19.4. The highest BCUT2D eigenvalue weighted by Gasteiger charge is 2.43. The second-order valence-electron chi connectivity index (χ2n) is 10.3. The fourth-order valence-corrected chi connectivity index (χ4v) is 6.25. The molecule has 8 nitrogen and oxygen atoms in total. The highest BCUT2D eigenvalue weighted by Crippen LogP contribution is 2.41. The first-order valence-electron chi connectivity index (χ1n) is 12.9. The third-order valence-electron chi connectivity index (χ3n) is 8.06. The summed E-state index contributed by atoms with van der Waals surface area (Å²) < 4.78 is 47.2. The summed E-state index contributed by atoms with van der Waals surface area (Å²) in [6, 6.07) is 7.83. The van der Waals surface area contributed by atoms with Crippen LogP contribution in [0.3, 0.4) is 0 Å². The Balaban J connectivity index is 1.21. The van der Waals surface area contributed by atoms with Crippen molar-refractivity contribution in [1.82, 2.24) is 25.0 Å². The average molecular weight is 514 g/mol. The molecule has 2 aromatic heterocycles. The maximum atomic E-state index is 13.4. The second-order valence-corrected chi connectivity index (χ2v) is 10.3. The molecular weight excluding hydrogens is 483 g/mol. The molecule has 1 aliphatic carbocycles. The number of aromatic nitrogens is 5. The Morgan fingerprint density at radius 1 is 1.05 bits per heavy atom. The van der Waals surface area contributed by atoms with Crippen molar-refractivity contribution in [1.29, 1.82) is 0 Å². The van der Waals surface area contributed by atoms with E-state index < -0.39 is 11.7 Å². The number of aryl methyl sites for hydroxylation is 1. The van der Waals surface area contributed by atoms with Crippen LogP contribution in [0, 0.1) is 11.8 Å². The molecule has 0 unspecified atom stereocenters. The molecule has 2 fully saturated rings. The number of ether oxygens (including phenoxy) is 1. The van der Waals surface area contributed by atoms with Crippen molar-refractivity contribution in [2.45, 2.75) is 56.8 Å². The van der Waals surface area contributed by atoms with Crippen LogP contribution >= 0.6 is 0 Å². The highest BCUT2D eigenvalue weighted by molar-refractivity contribution is 5.48. The number of benzene rings is 1. The van der Waals surface area contributed by atoms with Gasteiger partial charge in [-0.15, -0.1) is 10.2 Å². The number of anilines is 2. The fourth-order valence-electron chi connectivity index (χ4n) is 6.25. The van der Waals surface area contributed by atoms with Crippen LogP contribution in [0.15, 0.2) is 36.5 Å². The SMILES string of the molecule is COc1cc(N2C[C@H]3CC[C@@H](C2)[C@H]3Nc2nc3n(n2)CCCC[C@H]3c2cccc(C(F)(F)F)c2)cnn1. The van der Waals surface area contributed by atoms with E-state index in [0.717, 1.165) is 69.3 Å². The van der Waals surface area contributed by atoms with Crippen LogP contribution < -0.4 is 15.0 Å². The smallest absolute Gasteiger partial charge is 0.416 e. The minimum Gasteiger partial charge on any atom is -0.480 e. The minimum absolute atomic E-state index is 0.208. The van der Waals surface area contributed by atoms with Crippen LogP contribution in [-0.4, -0.2) is 51.2 Å².